The second-order valence-corrected chi connectivity index (χ2v) is 16.5. The summed E-state index contributed by atoms with van der Waals surface area (Å²) < 4.78 is 0. The van der Waals surface area contributed by atoms with Crippen molar-refractivity contribution in [2.45, 2.75) is 128 Å². The summed E-state index contributed by atoms with van der Waals surface area (Å²) in [6.45, 7) is 26.9. The summed E-state index contributed by atoms with van der Waals surface area (Å²) in [6.07, 6.45) is 16.5. The first-order valence-corrected chi connectivity index (χ1v) is 16.0. The van der Waals surface area contributed by atoms with Gasteiger partial charge in [-0.1, -0.05) is 108 Å². The van der Waals surface area contributed by atoms with Gasteiger partial charge in [-0.15, -0.1) is 0 Å². The van der Waals surface area contributed by atoms with Gasteiger partial charge in [0.1, 0.15) is 0 Å². The first-order valence-electron chi connectivity index (χ1n) is 16.0. The van der Waals surface area contributed by atoms with Crippen LogP contribution in [0, 0.1) is 21.7 Å². The minimum Gasteiger partial charge on any atom is -0.481 e. The molecular formula is C38H58CoN2O4. The number of carboxylic acid groups (broad SMARTS) is 1. The maximum atomic E-state index is 13.5. The third kappa shape index (κ3) is 11.6. The Morgan fingerprint density at radius 2 is 0.933 bits per heavy atom. The molecule has 3 aliphatic carbocycles. The first-order chi connectivity index (χ1) is 19.9. The summed E-state index contributed by atoms with van der Waals surface area (Å²) >= 11 is 0. The van der Waals surface area contributed by atoms with E-state index in [1.54, 1.807) is 0 Å². The minimum atomic E-state index is -0.833. The van der Waals surface area contributed by atoms with Crippen LogP contribution in [0.3, 0.4) is 0 Å². The normalized spacial score (nSPS) is 23.1. The van der Waals surface area contributed by atoms with E-state index < -0.39 is 5.97 Å². The van der Waals surface area contributed by atoms with Gasteiger partial charge in [0, 0.05) is 70.5 Å². The number of rotatable bonds is 4. The van der Waals surface area contributed by atoms with E-state index in [-0.39, 0.29) is 62.1 Å². The van der Waals surface area contributed by atoms with Crippen LogP contribution in [0.1, 0.15) is 116 Å². The Hall–Kier alpha value is -2.64. The molecule has 0 spiro atoms. The van der Waals surface area contributed by atoms with Crippen LogP contribution < -0.4 is 10.6 Å². The van der Waals surface area contributed by atoms with E-state index in [1.807, 2.05) is 12.4 Å². The molecule has 0 bridgehead atoms. The fourth-order valence-electron chi connectivity index (χ4n) is 5.42. The molecule has 253 valence electrons. The molecule has 2 atom stereocenters. The van der Waals surface area contributed by atoms with Crippen LogP contribution >= 0.6 is 0 Å². The van der Waals surface area contributed by atoms with Gasteiger partial charge in [0.15, 0.2) is 11.6 Å². The third-order valence-electron chi connectivity index (χ3n) is 8.26. The van der Waals surface area contributed by atoms with Crippen molar-refractivity contribution in [3.63, 3.8) is 0 Å². The van der Waals surface area contributed by atoms with E-state index in [4.69, 9.17) is 9.90 Å². The summed E-state index contributed by atoms with van der Waals surface area (Å²) in [6, 6.07) is 0.340. The number of nitrogens with one attached hydrogen (secondary N) is 2. The van der Waals surface area contributed by atoms with Crippen molar-refractivity contribution in [1.82, 2.24) is 10.6 Å². The molecule has 1 saturated carbocycles. The van der Waals surface area contributed by atoms with Crippen molar-refractivity contribution in [1.29, 1.82) is 0 Å². The van der Waals surface area contributed by atoms with Gasteiger partial charge in [-0.2, -0.15) is 0 Å². The maximum Gasteiger partial charge on any atom is 0.300 e. The van der Waals surface area contributed by atoms with Gasteiger partial charge in [-0.3, -0.25) is 14.4 Å². The van der Waals surface area contributed by atoms with Crippen LogP contribution in [0.25, 0.3) is 0 Å². The number of hydrogen-bond acceptors (Lipinski definition) is 5. The van der Waals surface area contributed by atoms with Crippen molar-refractivity contribution >= 4 is 17.5 Å². The molecule has 0 aromatic heterocycles. The number of Topliss-reactive ketones (excluding diaryl/α,β-unsaturated/α-hetero) is 2. The molecule has 3 aliphatic rings. The van der Waals surface area contributed by atoms with Crippen molar-refractivity contribution in [3.8, 4) is 0 Å². The molecule has 45 heavy (non-hydrogen) atoms. The fourth-order valence-corrected chi connectivity index (χ4v) is 5.42. The molecular weight excluding hydrogens is 607 g/mol. The third-order valence-corrected chi connectivity index (χ3v) is 8.26. The molecule has 1 radical (unpaired) electrons. The molecule has 3 N–H and O–H groups in total. The van der Waals surface area contributed by atoms with Crippen molar-refractivity contribution in [2.75, 3.05) is 0 Å². The van der Waals surface area contributed by atoms with E-state index >= 15 is 0 Å². The van der Waals surface area contributed by atoms with Gasteiger partial charge < -0.3 is 15.7 Å². The second-order valence-electron chi connectivity index (χ2n) is 16.5. The van der Waals surface area contributed by atoms with Gasteiger partial charge in [0.05, 0.1) is 0 Å². The number of allylic oxidation sites excluding steroid dienone is 10. The van der Waals surface area contributed by atoms with Gasteiger partial charge >= 0.3 is 0 Å². The number of carboxylic acids is 1. The van der Waals surface area contributed by atoms with Crippen molar-refractivity contribution in [3.05, 3.63) is 70.1 Å². The molecule has 6 nitrogen and oxygen atoms in total. The fraction of sp³-hybridized carbons (Fsp3) is 0.605. The minimum absolute atomic E-state index is 0. The zero-order valence-electron chi connectivity index (χ0n) is 30.0. The molecule has 0 aromatic rings. The molecule has 0 aromatic carbocycles. The van der Waals surface area contributed by atoms with Crippen molar-refractivity contribution in [2.24, 2.45) is 21.7 Å². The summed E-state index contributed by atoms with van der Waals surface area (Å²) in [4.78, 5) is 36.0. The Morgan fingerprint density at radius 1 is 0.644 bits per heavy atom. The maximum absolute atomic E-state index is 13.5. The predicted molar refractivity (Wildman–Crippen MR) is 182 cm³/mol. The standard InChI is InChI=1S/C36H54N2O2.C2H4O2.Co/c1-33(2,3)25-17-23(31(39)27(19-25)35(7,8)9)21-37-29-15-13-14-16-30(29)38-22-24-18-26(34(4,5)6)20-28(32(24)40)36(10,11)12;1-2(3)4;/h17-22,29-30,37-38H,13-16H2,1-12H3;1H3,(H,3,4);/b23-21-,24-22-;;/t29-,30?;;/m1../s1. The van der Waals surface area contributed by atoms with Gasteiger partial charge in [-0.05, 0) is 57.8 Å². The number of ketones is 2. The van der Waals surface area contributed by atoms with Crippen LogP contribution in [0.2, 0.25) is 0 Å². The first kappa shape index (κ1) is 40.4. The van der Waals surface area contributed by atoms with Gasteiger partial charge in [0.2, 0.25) is 0 Å². The van der Waals surface area contributed by atoms with Crippen LogP contribution in [0.4, 0.5) is 0 Å². The van der Waals surface area contributed by atoms with E-state index in [0.29, 0.717) is 0 Å². The van der Waals surface area contributed by atoms with Crippen LogP contribution in [0.15, 0.2) is 70.1 Å². The Kier molecular flexibility index (Phi) is 13.7. The summed E-state index contributed by atoms with van der Waals surface area (Å²) in [7, 11) is 0. The van der Waals surface area contributed by atoms with Crippen LogP contribution in [-0.2, 0) is 31.2 Å². The van der Waals surface area contributed by atoms with Crippen LogP contribution in [-0.4, -0.2) is 34.7 Å². The van der Waals surface area contributed by atoms with Crippen molar-refractivity contribution < 1.29 is 36.3 Å². The number of aliphatic carboxylic acids is 1. The Labute approximate surface area is 283 Å². The van der Waals surface area contributed by atoms with E-state index in [2.05, 4.69) is 118 Å². The predicted octanol–water partition coefficient (Wildman–Crippen LogP) is 8.39. The Bertz CT molecular complexity index is 1210. The summed E-state index contributed by atoms with van der Waals surface area (Å²) in [5.41, 5.74) is 4.95. The molecule has 1 fully saturated rings. The molecule has 0 heterocycles. The van der Waals surface area contributed by atoms with Gasteiger partial charge in [-0.25, -0.2) is 0 Å². The Morgan fingerprint density at radius 3 is 1.18 bits per heavy atom. The second kappa shape index (κ2) is 15.3. The molecule has 0 saturated heterocycles. The zero-order chi connectivity index (χ0) is 33.8. The largest absolute Gasteiger partial charge is 0.481 e. The van der Waals surface area contributed by atoms with Gasteiger partial charge in [0.25, 0.3) is 5.97 Å². The molecule has 3 rings (SSSR count). The molecule has 0 amide bonds. The monoisotopic (exact) mass is 665 g/mol. The summed E-state index contributed by atoms with van der Waals surface area (Å²) in [5.74, 6) is -0.630. The van der Waals surface area contributed by atoms with E-state index in [1.165, 1.54) is 11.1 Å². The zero-order valence-corrected chi connectivity index (χ0v) is 31.0. The topological polar surface area (TPSA) is 95.5 Å². The SMILES string of the molecule is CC(=O)O.CC(C)(C)C1=C/C(=C/NC2CCCC[C@H]2N/C=C2/C=C(C(C)(C)C)C=C(C(C)(C)C)C2=O)C(=O)C(C(C)(C)C)=C1.[Co]. The Balaban J connectivity index is 0.00000191. The molecule has 0 aliphatic heterocycles. The number of carbonyl (C=O) groups excluding carboxylic acids is 2. The molecule has 1 unspecified atom stereocenters. The molecule has 7 heteroatoms. The van der Waals surface area contributed by atoms with E-state index in [9.17, 15) is 9.59 Å². The smallest absolute Gasteiger partial charge is 0.300 e. The average molecular weight is 666 g/mol. The quantitative estimate of drug-likeness (QED) is 0.261. The van der Waals surface area contributed by atoms with E-state index in [0.717, 1.165) is 54.9 Å². The number of hydrogen-bond donors (Lipinski definition) is 3. The number of carbonyl (C=O) groups is 3. The van der Waals surface area contributed by atoms with Crippen LogP contribution in [0.5, 0.6) is 0 Å². The summed E-state index contributed by atoms with van der Waals surface area (Å²) in [5, 5.41) is 14.7. The average Bonchev–Trinajstić information content (AvgIpc) is 2.84.